The van der Waals surface area contributed by atoms with E-state index in [4.69, 9.17) is 16.3 Å². The van der Waals surface area contributed by atoms with Crippen LogP contribution in [0.1, 0.15) is 11.1 Å². The van der Waals surface area contributed by atoms with E-state index in [0.29, 0.717) is 5.75 Å². The first-order valence-corrected chi connectivity index (χ1v) is 6.89. The van der Waals surface area contributed by atoms with Gasteiger partial charge in [0.25, 0.3) is 0 Å². The summed E-state index contributed by atoms with van der Waals surface area (Å²) in [7, 11) is 0. The van der Waals surface area contributed by atoms with E-state index in [-0.39, 0.29) is 10.8 Å². The van der Waals surface area contributed by atoms with Crippen LogP contribution in [-0.2, 0) is 5.33 Å². The number of alkyl halides is 1. The van der Waals surface area contributed by atoms with Crippen LogP contribution in [0.25, 0.3) is 0 Å². The van der Waals surface area contributed by atoms with E-state index in [1.54, 1.807) is 12.1 Å². The van der Waals surface area contributed by atoms with Gasteiger partial charge in [0, 0.05) is 5.33 Å². The number of hydrogen-bond donors (Lipinski definition) is 0. The van der Waals surface area contributed by atoms with E-state index in [2.05, 4.69) is 15.9 Å². The van der Waals surface area contributed by atoms with E-state index in [0.717, 1.165) is 16.5 Å². The van der Waals surface area contributed by atoms with E-state index < -0.39 is 5.82 Å². The van der Waals surface area contributed by atoms with Crippen LogP contribution in [0.3, 0.4) is 0 Å². The van der Waals surface area contributed by atoms with Crippen molar-refractivity contribution in [1.82, 2.24) is 0 Å². The lowest BCUT2D eigenvalue weighted by Crippen LogP contribution is -1.92. The summed E-state index contributed by atoms with van der Waals surface area (Å²) in [5.74, 6) is 0.223. The summed E-state index contributed by atoms with van der Waals surface area (Å²) < 4.78 is 19.2. The topological polar surface area (TPSA) is 9.23 Å². The molecule has 0 atom stereocenters. The average Bonchev–Trinajstić information content (AvgIpc) is 2.37. The van der Waals surface area contributed by atoms with Crippen molar-refractivity contribution in [2.45, 2.75) is 12.3 Å². The predicted molar refractivity (Wildman–Crippen MR) is 75.3 cm³/mol. The molecule has 0 saturated carbocycles. The van der Waals surface area contributed by atoms with Crippen molar-refractivity contribution in [2.24, 2.45) is 0 Å². The second-order valence-electron chi connectivity index (χ2n) is 3.89. The van der Waals surface area contributed by atoms with Crippen molar-refractivity contribution >= 4 is 27.5 Å². The van der Waals surface area contributed by atoms with Gasteiger partial charge >= 0.3 is 0 Å². The third kappa shape index (κ3) is 2.85. The molecule has 0 aliphatic carbocycles. The fourth-order valence-electron chi connectivity index (χ4n) is 1.59. The normalized spacial score (nSPS) is 10.4. The van der Waals surface area contributed by atoms with Gasteiger partial charge in [-0.3, -0.25) is 0 Å². The molecule has 0 fully saturated rings. The van der Waals surface area contributed by atoms with Crippen molar-refractivity contribution in [3.05, 3.63) is 58.4 Å². The maximum absolute atomic E-state index is 13.7. The summed E-state index contributed by atoms with van der Waals surface area (Å²) in [6, 6.07) is 10.4. The molecule has 0 radical (unpaired) electrons. The molecule has 18 heavy (non-hydrogen) atoms. The predicted octanol–water partition coefficient (Wildman–Crippen LogP) is 5.47. The third-order valence-electron chi connectivity index (χ3n) is 2.53. The number of benzene rings is 2. The number of rotatable bonds is 3. The van der Waals surface area contributed by atoms with E-state index in [9.17, 15) is 4.39 Å². The molecule has 4 heteroatoms. The van der Waals surface area contributed by atoms with Gasteiger partial charge in [-0.15, -0.1) is 0 Å². The zero-order valence-electron chi connectivity index (χ0n) is 9.71. The lowest BCUT2D eigenvalue weighted by molar-refractivity contribution is 0.439. The lowest BCUT2D eigenvalue weighted by atomic mass is 10.1. The number of aryl methyl sites for hydroxylation is 1. The zero-order valence-corrected chi connectivity index (χ0v) is 12.1. The first-order chi connectivity index (χ1) is 8.61. The van der Waals surface area contributed by atoms with Gasteiger partial charge in [-0.2, -0.15) is 0 Å². The minimum absolute atomic E-state index is 0.0576. The molecule has 0 saturated heterocycles. The van der Waals surface area contributed by atoms with Crippen molar-refractivity contribution < 1.29 is 9.13 Å². The van der Waals surface area contributed by atoms with Crippen LogP contribution in [-0.4, -0.2) is 0 Å². The van der Waals surface area contributed by atoms with Crippen molar-refractivity contribution in [1.29, 1.82) is 0 Å². The summed E-state index contributed by atoms with van der Waals surface area (Å²) in [6.45, 7) is 1.92. The molecule has 2 aromatic rings. The highest BCUT2D eigenvalue weighted by Crippen LogP contribution is 2.31. The quantitative estimate of drug-likeness (QED) is 0.678. The minimum atomic E-state index is -0.539. The van der Waals surface area contributed by atoms with Crippen LogP contribution in [0.5, 0.6) is 11.5 Å². The monoisotopic (exact) mass is 328 g/mol. The van der Waals surface area contributed by atoms with Crippen LogP contribution in [0.2, 0.25) is 5.02 Å². The highest BCUT2D eigenvalue weighted by Gasteiger charge is 2.09. The Hall–Kier alpha value is -1.06. The van der Waals surface area contributed by atoms with Crippen LogP contribution < -0.4 is 4.74 Å². The van der Waals surface area contributed by atoms with E-state index in [1.807, 2.05) is 25.1 Å². The van der Waals surface area contributed by atoms with Gasteiger partial charge in [0.1, 0.15) is 5.75 Å². The molecule has 0 bridgehead atoms. The largest absolute Gasteiger partial charge is 0.454 e. The average molecular weight is 330 g/mol. The van der Waals surface area contributed by atoms with Crippen LogP contribution in [0.15, 0.2) is 36.4 Å². The zero-order chi connectivity index (χ0) is 13.1. The number of ether oxygens (including phenoxy) is 1. The molecule has 0 N–H and O–H groups in total. The highest BCUT2D eigenvalue weighted by atomic mass is 79.9. The van der Waals surface area contributed by atoms with Crippen molar-refractivity contribution in [3.63, 3.8) is 0 Å². The number of hydrogen-bond acceptors (Lipinski definition) is 1. The Bertz CT molecular complexity index is 572. The van der Waals surface area contributed by atoms with Crippen LogP contribution in [0, 0.1) is 12.7 Å². The minimum Gasteiger partial charge on any atom is -0.454 e. The molecule has 2 aromatic carbocycles. The maximum Gasteiger partial charge on any atom is 0.184 e. The third-order valence-corrected chi connectivity index (χ3v) is 3.47. The Morgan fingerprint density at radius 1 is 1.22 bits per heavy atom. The van der Waals surface area contributed by atoms with E-state index in [1.165, 1.54) is 6.07 Å². The Labute approximate surface area is 119 Å². The van der Waals surface area contributed by atoms with Crippen molar-refractivity contribution in [2.75, 3.05) is 0 Å². The second-order valence-corrected chi connectivity index (χ2v) is 4.86. The Balaban J connectivity index is 2.31. The number of halogens is 3. The summed E-state index contributed by atoms with van der Waals surface area (Å²) in [4.78, 5) is 0. The molecule has 94 valence electrons. The SMILES string of the molecule is Cc1cc(CBr)ccc1Oc1cccc(Cl)c1F. The molecule has 0 aliphatic heterocycles. The Morgan fingerprint density at radius 3 is 2.67 bits per heavy atom. The standard InChI is InChI=1S/C14H11BrClFO/c1-9-7-10(8-15)5-6-12(9)18-13-4-2-3-11(16)14(13)17/h2-7H,8H2,1H3. The molecule has 0 aliphatic rings. The molecule has 1 nitrogen and oxygen atoms in total. The molecule has 2 rings (SSSR count). The Kier molecular flexibility index (Phi) is 4.25. The highest BCUT2D eigenvalue weighted by molar-refractivity contribution is 9.08. The lowest BCUT2D eigenvalue weighted by Gasteiger charge is -2.10. The van der Waals surface area contributed by atoms with Gasteiger partial charge in [-0.25, -0.2) is 4.39 Å². The molecular weight excluding hydrogens is 319 g/mol. The van der Waals surface area contributed by atoms with Crippen LogP contribution in [0.4, 0.5) is 4.39 Å². The maximum atomic E-state index is 13.7. The molecule has 0 aromatic heterocycles. The van der Waals surface area contributed by atoms with Gasteiger partial charge in [0.2, 0.25) is 0 Å². The van der Waals surface area contributed by atoms with Gasteiger partial charge in [0.05, 0.1) is 5.02 Å². The smallest absolute Gasteiger partial charge is 0.184 e. The summed E-state index contributed by atoms with van der Waals surface area (Å²) in [5.41, 5.74) is 2.10. The molecule has 0 amide bonds. The summed E-state index contributed by atoms with van der Waals surface area (Å²) in [6.07, 6.45) is 0. The molecule has 0 unspecified atom stereocenters. The Morgan fingerprint density at radius 2 is 2.00 bits per heavy atom. The van der Waals surface area contributed by atoms with Crippen molar-refractivity contribution in [3.8, 4) is 11.5 Å². The molecule has 0 heterocycles. The first-order valence-electron chi connectivity index (χ1n) is 5.39. The first kappa shape index (κ1) is 13.4. The molecular formula is C14H11BrClFO. The summed E-state index contributed by atoms with van der Waals surface area (Å²) in [5, 5.41) is 0.835. The van der Waals surface area contributed by atoms with E-state index >= 15 is 0 Å². The van der Waals surface area contributed by atoms with Gasteiger partial charge in [-0.1, -0.05) is 45.7 Å². The van der Waals surface area contributed by atoms with Gasteiger partial charge < -0.3 is 4.74 Å². The fraction of sp³-hybridized carbons (Fsp3) is 0.143. The van der Waals surface area contributed by atoms with Crippen LogP contribution >= 0.6 is 27.5 Å². The van der Waals surface area contributed by atoms with Gasteiger partial charge in [0.15, 0.2) is 11.6 Å². The fourth-order valence-corrected chi connectivity index (χ4v) is 2.11. The second kappa shape index (κ2) is 5.72. The molecule has 0 spiro atoms. The van der Waals surface area contributed by atoms with Gasteiger partial charge in [-0.05, 0) is 36.2 Å². The summed E-state index contributed by atoms with van der Waals surface area (Å²) >= 11 is 9.09.